The second-order valence-electron chi connectivity index (χ2n) is 30.8. The molecule has 0 aromatic rings. The van der Waals surface area contributed by atoms with Gasteiger partial charge in [0, 0.05) is 0 Å². The van der Waals surface area contributed by atoms with Crippen LogP contribution < -0.4 is 0 Å². The lowest BCUT2D eigenvalue weighted by Gasteiger charge is -2.02. The number of carbonyl (C=O) groups excluding carboxylic acids is 11. The predicted octanol–water partition coefficient (Wildman–Crippen LogP) is 35.7. The highest BCUT2D eigenvalue weighted by atomic mass is 16.1. The Balaban J connectivity index is -0.000000136. The minimum absolute atomic E-state index is 0.641. The number of unbranched alkanes of at least 4 members (excludes halogenated alkanes) is 30. The first-order valence-electron chi connectivity index (χ1n) is 51.0. The summed E-state index contributed by atoms with van der Waals surface area (Å²) >= 11 is 0. The summed E-state index contributed by atoms with van der Waals surface area (Å²) in [7, 11) is 0. The topological polar surface area (TPSA) is 188 Å². The summed E-state index contributed by atoms with van der Waals surface area (Å²) in [5.74, 6) is 1.28. The van der Waals surface area contributed by atoms with Crippen LogP contribution in [0.4, 0.5) is 0 Å². The van der Waals surface area contributed by atoms with Gasteiger partial charge in [0.1, 0.15) is 69.1 Å². The number of rotatable bonds is 75. The van der Waals surface area contributed by atoms with Gasteiger partial charge in [0.05, 0.1) is 0 Å². The maximum atomic E-state index is 9.97. The van der Waals surface area contributed by atoms with E-state index in [1.54, 1.807) is 60.8 Å². The molecular formula is C121H198O11. The van der Waals surface area contributed by atoms with Crippen LogP contribution in [0.5, 0.6) is 0 Å². The average molecular weight is 1830 g/mol. The molecule has 0 aliphatic heterocycles. The summed E-state index contributed by atoms with van der Waals surface area (Å²) in [5, 5.41) is 0. The van der Waals surface area contributed by atoms with E-state index >= 15 is 0 Å². The Hall–Kier alpha value is -9.35. The quantitative estimate of drug-likeness (QED) is 0.0244. The van der Waals surface area contributed by atoms with Crippen molar-refractivity contribution in [1.29, 1.82) is 0 Å². The summed E-state index contributed by atoms with van der Waals surface area (Å²) in [4.78, 5) is 109. The highest BCUT2D eigenvalue weighted by molar-refractivity contribution is 5.67. The third kappa shape index (κ3) is 206. The molecule has 0 spiro atoms. The molecule has 0 aromatic heterocycles. The Morgan fingerprint density at radius 2 is 0.311 bits per heavy atom. The fourth-order valence-electron chi connectivity index (χ4n) is 10.6. The Morgan fingerprint density at radius 3 is 0.576 bits per heavy atom. The molecule has 0 aromatic carbocycles. The Morgan fingerprint density at radius 1 is 0.144 bits per heavy atom. The maximum Gasteiger partial charge on any atom is 0.142 e. The SMILES string of the molecule is C/C=C\CC(C)C/C=C/C=O.C/C=C\CC/C=C/C=O.C/C=C\CCC/C=C/C=O.CC/C=C\CC(C)C/C=C/C=O.CC/C=C\CCC/C=C/C=O.CC/C=C\CCCC/C=C/C=O.CC/C=C\CCCCCC/C=C/C=O.CC/C=C\CCCCCCC/C=C/C=O.CCC/C=C\CC/C=C/C=O.CCC/C=C\CCC/C=C/C=O.CCCCCC/C=C\CCC/C=C/C=O. The lowest BCUT2D eigenvalue weighted by Crippen LogP contribution is -1.89. The Labute approximate surface area is 813 Å². The minimum Gasteiger partial charge on any atom is -0.299 e. The highest BCUT2D eigenvalue weighted by Crippen LogP contribution is 2.13. The molecule has 2 unspecified atom stereocenters. The van der Waals surface area contributed by atoms with Crippen LogP contribution in [0.3, 0.4) is 0 Å². The van der Waals surface area contributed by atoms with E-state index in [4.69, 9.17) is 0 Å². The van der Waals surface area contributed by atoms with Gasteiger partial charge in [-0.25, -0.2) is 0 Å². The van der Waals surface area contributed by atoms with Gasteiger partial charge in [-0.2, -0.15) is 0 Å². The van der Waals surface area contributed by atoms with Gasteiger partial charge in [-0.15, -0.1) is 0 Å². The second kappa shape index (κ2) is 168. The fourth-order valence-corrected chi connectivity index (χ4v) is 10.6. The van der Waals surface area contributed by atoms with Crippen molar-refractivity contribution in [3.63, 3.8) is 0 Å². The number of hydrogen-bond donors (Lipinski definition) is 0. The normalized spacial score (nSPS) is 11.9. The van der Waals surface area contributed by atoms with Crippen LogP contribution >= 0.6 is 0 Å². The molecule has 748 valence electrons. The molecule has 0 aliphatic carbocycles. The first-order chi connectivity index (χ1) is 64.8. The van der Waals surface area contributed by atoms with Crippen LogP contribution in [0, 0.1) is 11.8 Å². The molecule has 11 nitrogen and oxygen atoms in total. The molecule has 0 N–H and O–H groups in total. The van der Waals surface area contributed by atoms with Crippen molar-refractivity contribution in [2.75, 3.05) is 0 Å². The van der Waals surface area contributed by atoms with E-state index in [0.29, 0.717) is 11.8 Å². The van der Waals surface area contributed by atoms with Crippen molar-refractivity contribution < 1.29 is 52.7 Å². The van der Waals surface area contributed by atoms with Gasteiger partial charge in [-0.1, -0.05) is 334 Å². The van der Waals surface area contributed by atoms with Crippen LogP contribution in [0.15, 0.2) is 267 Å². The van der Waals surface area contributed by atoms with Crippen molar-refractivity contribution in [3.05, 3.63) is 267 Å². The van der Waals surface area contributed by atoms with Crippen LogP contribution in [0.1, 0.15) is 417 Å². The Bertz CT molecular complexity index is 3000. The standard InChI is InChI=1S/2C14H24O.C13H22O.3C11H18O.3C10H16O.C9H14O.C8H12O/c2*1-2-3-4-5-6-7-8-9-10-11-12-13-14-15;1-2-3-4-5-6-7-8-9-10-11-12-13-14;1-3-4-5-8-11(2)9-6-7-10-12;2*1-2-3-4-5-6-7-8-9-10-11-12;1-3-4-7-10(2)8-5-6-9-11;2*1-2-3-4-5-6-7-8-9-10-11;1-2-3-4-5-6-7-8-9-10;1-2-3-4-5-6-7-8-9/h7-8,12-14H,2-6,9-11H2,1H3;3-4,12-14H,2,5-11H2,1H3;3-4,11-13H,2,5-10H2,1H3;4-7,10-11H,3,8-9H2,1-2H3;4-5,9-11H,2-3,6-8H2,1H3;3-4,9-11H,2,5-8H2,1H3;3-6,9-10H,7-8H2,1-2H3;4-5,8-10H,2-3,6-7H2,1H3;3-4,8-10H,2,5-7H2,1H3;2-3,7-9H,4-6H2,1H3;2-3,6-8H,4-5H2,1H3/b8-7-,13-12+;4-3-,13-12+;4-3-,12-11+;5-4-,7-6+;5-4-,10-9+;4-3-,10-9+;4-3-,6-5+;5-4-,9-8+;4-3-,9-8+;3-2-,8-7+;3-2-,7-6+. The number of aldehydes is 11. The van der Waals surface area contributed by atoms with E-state index in [1.807, 2.05) is 99.8 Å². The first-order valence-corrected chi connectivity index (χ1v) is 51.0. The molecule has 0 rings (SSSR count). The van der Waals surface area contributed by atoms with Crippen molar-refractivity contribution in [3.8, 4) is 0 Å². The number of carbonyl (C=O) groups is 11. The maximum absolute atomic E-state index is 9.97. The van der Waals surface area contributed by atoms with Crippen molar-refractivity contribution >= 4 is 69.1 Å². The summed E-state index contributed by atoms with van der Waals surface area (Å²) < 4.78 is 0. The summed E-state index contributed by atoms with van der Waals surface area (Å²) in [6.45, 7) is 27.7. The number of hydrogen-bond acceptors (Lipinski definition) is 11. The first kappa shape index (κ1) is 146. The lowest BCUT2D eigenvalue weighted by molar-refractivity contribution is -0.104. The van der Waals surface area contributed by atoms with Crippen LogP contribution in [-0.2, 0) is 52.7 Å². The van der Waals surface area contributed by atoms with Crippen LogP contribution in [0.2, 0.25) is 0 Å². The van der Waals surface area contributed by atoms with E-state index in [-0.39, 0.29) is 0 Å². The summed E-state index contributed by atoms with van der Waals surface area (Å²) in [6, 6.07) is 0. The van der Waals surface area contributed by atoms with E-state index < -0.39 is 0 Å². The van der Waals surface area contributed by atoms with Gasteiger partial charge in [0.2, 0.25) is 0 Å². The van der Waals surface area contributed by atoms with E-state index in [2.05, 4.69) is 191 Å². The molecule has 0 heterocycles. The molecule has 132 heavy (non-hydrogen) atoms. The number of allylic oxidation sites excluding steroid dienone is 44. The molecule has 0 bridgehead atoms. The van der Waals surface area contributed by atoms with E-state index in [9.17, 15) is 52.7 Å². The average Bonchev–Trinajstić information content (AvgIpc) is 1.06. The zero-order chi connectivity index (χ0) is 100. The lowest BCUT2D eigenvalue weighted by atomic mass is 10.0. The fraction of sp³-hybridized carbons (Fsp3) is 0.545. The highest BCUT2D eigenvalue weighted by Gasteiger charge is 1.97. The minimum atomic E-state index is 0.641. The zero-order valence-corrected chi connectivity index (χ0v) is 86.5. The second-order valence-corrected chi connectivity index (χ2v) is 30.8. The van der Waals surface area contributed by atoms with E-state index in [1.165, 1.54) is 147 Å². The Kier molecular flexibility index (Phi) is 185. The largest absolute Gasteiger partial charge is 0.299 e. The van der Waals surface area contributed by atoms with Crippen LogP contribution in [-0.4, -0.2) is 69.1 Å². The predicted molar refractivity (Wildman–Crippen MR) is 584 cm³/mol. The molecule has 2 atom stereocenters. The molecule has 0 fully saturated rings. The molecule has 11 heteroatoms. The van der Waals surface area contributed by atoms with Crippen LogP contribution in [0.25, 0.3) is 0 Å². The van der Waals surface area contributed by atoms with Gasteiger partial charge in [0.25, 0.3) is 0 Å². The molecule has 0 saturated heterocycles. The van der Waals surface area contributed by atoms with Gasteiger partial charge < -0.3 is 0 Å². The van der Waals surface area contributed by atoms with Gasteiger partial charge in [-0.3, -0.25) is 52.7 Å². The van der Waals surface area contributed by atoms with Crippen molar-refractivity contribution in [1.82, 2.24) is 0 Å². The van der Waals surface area contributed by atoms with Gasteiger partial charge in [-0.05, 0) is 363 Å². The van der Waals surface area contributed by atoms with Gasteiger partial charge >= 0.3 is 0 Å². The monoisotopic (exact) mass is 1830 g/mol. The summed E-state index contributed by atoms with van der Waals surface area (Å²) in [5.41, 5.74) is 0. The third-order valence-electron chi connectivity index (χ3n) is 18.1. The third-order valence-corrected chi connectivity index (χ3v) is 18.1. The van der Waals surface area contributed by atoms with Gasteiger partial charge in [0.15, 0.2) is 0 Å². The van der Waals surface area contributed by atoms with E-state index in [0.717, 1.165) is 255 Å². The van der Waals surface area contributed by atoms with Crippen molar-refractivity contribution in [2.24, 2.45) is 11.8 Å². The zero-order valence-electron chi connectivity index (χ0n) is 86.5. The van der Waals surface area contributed by atoms with Crippen molar-refractivity contribution in [2.45, 2.75) is 417 Å². The molecule has 0 radical (unpaired) electrons. The smallest absolute Gasteiger partial charge is 0.142 e. The molecule has 0 saturated carbocycles. The summed E-state index contributed by atoms with van der Waals surface area (Å²) in [6.07, 6.45) is 154. The molecule has 0 amide bonds. The molecule has 0 aliphatic rings. The molecular weight excluding hydrogens is 1630 g/mol.